The summed E-state index contributed by atoms with van der Waals surface area (Å²) in [5, 5.41) is 0. The lowest BCUT2D eigenvalue weighted by atomic mass is 10.2. The second kappa shape index (κ2) is 7.98. The van der Waals surface area contributed by atoms with Crippen molar-refractivity contribution in [2.24, 2.45) is 0 Å². The van der Waals surface area contributed by atoms with Crippen LogP contribution >= 0.6 is 0 Å². The van der Waals surface area contributed by atoms with Crippen molar-refractivity contribution in [1.82, 2.24) is 0 Å². The van der Waals surface area contributed by atoms with Crippen molar-refractivity contribution in [3.05, 3.63) is 66.2 Å². The van der Waals surface area contributed by atoms with Gasteiger partial charge in [-0.3, -0.25) is 4.79 Å². The Bertz CT molecular complexity index is 607. The van der Waals surface area contributed by atoms with E-state index in [1.807, 2.05) is 36.4 Å². The molecule has 0 fully saturated rings. The van der Waals surface area contributed by atoms with E-state index in [1.165, 1.54) is 0 Å². The van der Waals surface area contributed by atoms with Crippen molar-refractivity contribution in [3.63, 3.8) is 0 Å². The number of benzene rings is 2. The first-order valence-corrected chi connectivity index (χ1v) is 7.17. The molecule has 0 N–H and O–H groups in total. The SMILES string of the molecule is CCC(Oc1ccccc1)C(=O)C(=O)OCc1ccccc1. The number of esters is 1. The molecule has 0 bridgehead atoms. The van der Waals surface area contributed by atoms with Crippen molar-refractivity contribution in [2.75, 3.05) is 0 Å². The van der Waals surface area contributed by atoms with E-state index in [1.54, 1.807) is 31.2 Å². The van der Waals surface area contributed by atoms with E-state index in [0.29, 0.717) is 12.2 Å². The predicted molar refractivity (Wildman–Crippen MR) is 82.4 cm³/mol. The number of hydrogen-bond donors (Lipinski definition) is 0. The number of ketones is 1. The Morgan fingerprint density at radius 2 is 1.55 bits per heavy atom. The molecule has 114 valence electrons. The zero-order valence-electron chi connectivity index (χ0n) is 12.4. The summed E-state index contributed by atoms with van der Waals surface area (Å²) in [6.07, 6.45) is -0.431. The smallest absolute Gasteiger partial charge is 0.378 e. The summed E-state index contributed by atoms with van der Waals surface area (Å²) in [4.78, 5) is 24.0. The summed E-state index contributed by atoms with van der Waals surface area (Å²) < 4.78 is 10.6. The Labute approximate surface area is 129 Å². The first-order valence-electron chi connectivity index (χ1n) is 7.17. The minimum absolute atomic E-state index is 0.0766. The van der Waals surface area contributed by atoms with Gasteiger partial charge in [0.1, 0.15) is 12.4 Å². The van der Waals surface area contributed by atoms with Crippen LogP contribution in [0.3, 0.4) is 0 Å². The second-order valence-corrected chi connectivity index (χ2v) is 4.75. The molecule has 2 aromatic rings. The van der Waals surface area contributed by atoms with Crippen LogP contribution in [-0.2, 0) is 20.9 Å². The molecule has 2 rings (SSSR count). The molecule has 0 aliphatic rings. The summed E-state index contributed by atoms with van der Waals surface area (Å²) in [7, 11) is 0. The van der Waals surface area contributed by atoms with Crippen molar-refractivity contribution in [1.29, 1.82) is 0 Å². The lowest BCUT2D eigenvalue weighted by molar-refractivity contribution is -0.158. The largest absolute Gasteiger partial charge is 0.482 e. The van der Waals surface area contributed by atoms with Crippen LogP contribution in [0, 0.1) is 0 Å². The molecule has 4 nitrogen and oxygen atoms in total. The third kappa shape index (κ3) is 4.45. The van der Waals surface area contributed by atoms with E-state index >= 15 is 0 Å². The highest BCUT2D eigenvalue weighted by Crippen LogP contribution is 2.13. The molecule has 0 aromatic heterocycles. The minimum Gasteiger partial charge on any atom is -0.482 e. The number of ether oxygens (including phenoxy) is 2. The van der Waals surface area contributed by atoms with Crippen LogP contribution < -0.4 is 4.74 Å². The maximum atomic E-state index is 12.1. The third-order valence-corrected chi connectivity index (χ3v) is 3.10. The van der Waals surface area contributed by atoms with Crippen LogP contribution in [0.25, 0.3) is 0 Å². The zero-order valence-corrected chi connectivity index (χ0v) is 12.4. The summed E-state index contributed by atoms with van der Waals surface area (Å²) in [5.41, 5.74) is 0.834. The normalized spacial score (nSPS) is 11.5. The molecule has 4 heteroatoms. The van der Waals surface area contributed by atoms with Crippen LogP contribution in [-0.4, -0.2) is 17.9 Å². The highest BCUT2D eigenvalue weighted by atomic mass is 16.5. The third-order valence-electron chi connectivity index (χ3n) is 3.10. The Hall–Kier alpha value is -2.62. The average Bonchev–Trinajstić information content (AvgIpc) is 2.58. The van der Waals surface area contributed by atoms with Crippen molar-refractivity contribution in [2.45, 2.75) is 26.1 Å². The van der Waals surface area contributed by atoms with Crippen LogP contribution in [0.15, 0.2) is 60.7 Å². The summed E-state index contributed by atoms with van der Waals surface area (Å²) in [5.74, 6) is -0.979. The van der Waals surface area contributed by atoms with Gasteiger partial charge in [0.25, 0.3) is 5.78 Å². The van der Waals surface area contributed by atoms with Crippen molar-refractivity contribution >= 4 is 11.8 Å². The van der Waals surface area contributed by atoms with Gasteiger partial charge < -0.3 is 9.47 Å². The number of rotatable bonds is 7. The molecule has 22 heavy (non-hydrogen) atoms. The van der Waals surface area contributed by atoms with Crippen LogP contribution in [0.4, 0.5) is 0 Å². The molecular weight excluding hydrogens is 280 g/mol. The monoisotopic (exact) mass is 298 g/mol. The summed E-state index contributed by atoms with van der Waals surface area (Å²) in [6, 6.07) is 18.2. The maximum Gasteiger partial charge on any atom is 0.378 e. The fraction of sp³-hybridized carbons (Fsp3) is 0.222. The topological polar surface area (TPSA) is 52.6 Å². The molecule has 0 aliphatic carbocycles. The molecule has 0 radical (unpaired) electrons. The van der Waals surface area contributed by atoms with Crippen molar-refractivity contribution in [3.8, 4) is 5.75 Å². The van der Waals surface area contributed by atoms with E-state index < -0.39 is 17.9 Å². The Balaban J connectivity index is 1.91. The molecule has 0 spiro atoms. The van der Waals surface area contributed by atoms with E-state index in [9.17, 15) is 9.59 Å². The van der Waals surface area contributed by atoms with Gasteiger partial charge in [-0.05, 0) is 24.1 Å². The van der Waals surface area contributed by atoms with Gasteiger partial charge in [-0.25, -0.2) is 4.79 Å². The first-order chi connectivity index (χ1) is 10.7. The highest BCUT2D eigenvalue weighted by molar-refractivity contribution is 6.35. The van der Waals surface area contributed by atoms with Gasteiger partial charge in [0.05, 0.1) is 0 Å². The maximum absolute atomic E-state index is 12.1. The van der Waals surface area contributed by atoms with Gasteiger partial charge in [0.15, 0.2) is 6.10 Å². The summed E-state index contributed by atoms with van der Waals surface area (Å²) >= 11 is 0. The average molecular weight is 298 g/mol. The van der Waals surface area contributed by atoms with Crippen molar-refractivity contribution < 1.29 is 19.1 Å². The minimum atomic E-state index is -0.869. The standard InChI is InChI=1S/C18H18O4/c1-2-16(22-15-11-7-4-8-12-15)17(19)18(20)21-13-14-9-5-3-6-10-14/h3-12,16H,2,13H2,1H3. The van der Waals surface area contributed by atoms with E-state index in [4.69, 9.17) is 9.47 Å². The summed E-state index contributed by atoms with van der Waals surface area (Å²) in [6.45, 7) is 1.86. The van der Waals surface area contributed by atoms with Gasteiger partial charge >= 0.3 is 5.97 Å². The number of hydrogen-bond acceptors (Lipinski definition) is 4. The van der Waals surface area contributed by atoms with Gasteiger partial charge in [-0.1, -0.05) is 55.5 Å². The molecule has 1 atom stereocenters. The van der Waals surface area contributed by atoms with Crippen LogP contribution in [0.1, 0.15) is 18.9 Å². The molecule has 0 amide bonds. The Morgan fingerprint density at radius 1 is 0.955 bits per heavy atom. The Morgan fingerprint density at radius 3 is 2.14 bits per heavy atom. The molecule has 0 saturated heterocycles. The highest BCUT2D eigenvalue weighted by Gasteiger charge is 2.27. The molecule has 1 unspecified atom stereocenters. The first kappa shape index (κ1) is 15.8. The lowest BCUT2D eigenvalue weighted by Crippen LogP contribution is -2.34. The zero-order chi connectivity index (χ0) is 15.8. The van der Waals surface area contributed by atoms with E-state index in [2.05, 4.69) is 0 Å². The fourth-order valence-corrected chi connectivity index (χ4v) is 1.91. The number of carbonyl (C=O) groups is 2. The number of para-hydroxylation sites is 1. The molecule has 0 heterocycles. The molecular formula is C18H18O4. The van der Waals surface area contributed by atoms with Gasteiger partial charge in [-0.15, -0.1) is 0 Å². The molecule has 0 aliphatic heterocycles. The fourth-order valence-electron chi connectivity index (χ4n) is 1.91. The van der Waals surface area contributed by atoms with E-state index in [0.717, 1.165) is 5.56 Å². The lowest BCUT2D eigenvalue weighted by Gasteiger charge is -2.15. The van der Waals surface area contributed by atoms with Gasteiger partial charge in [-0.2, -0.15) is 0 Å². The Kier molecular flexibility index (Phi) is 5.72. The van der Waals surface area contributed by atoms with Gasteiger partial charge in [0.2, 0.25) is 0 Å². The number of Topliss-reactive ketones (excluding diaryl/α,β-unsaturated/α-hetero) is 1. The van der Waals surface area contributed by atoms with Crippen LogP contribution in [0.5, 0.6) is 5.75 Å². The van der Waals surface area contributed by atoms with Crippen LogP contribution in [0.2, 0.25) is 0 Å². The predicted octanol–water partition coefficient (Wildman–Crippen LogP) is 3.16. The molecule has 2 aromatic carbocycles. The van der Waals surface area contributed by atoms with E-state index in [-0.39, 0.29) is 6.61 Å². The van der Waals surface area contributed by atoms with Gasteiger partial charge in [0, 0.05) is 0 Å². The number of carbonyl (C=O) groups excluding carboxylic acids is 2. The second-order valence-electron chi connectivity index (χ2n) is 4.75. The molecule has 0 saturated carbocycles. The quantitative estimate of drug-likeness (QED) is 0.582.